The van der Waals surface area contributed by atoms with E-state index in [9.17, 15) is 8.42 Å². The van der Waals surface area contributed by atoms with Gasteiger partial charge in [-0.25, -0.2) is 8.42 Å². The number of methoxy groups -OCH3 is 1. The van der Waals surface area contributed by atoms with Gasteiger partial charge in [0.1, 0.15) is 0 Å². The van der Waals surface area contributed by atoms with Gasteiger partial charge in [0.2, 0.25) is 0 Å². The summed E-state index contributed by atoms with van der Waals surface area (Å²) >= 11 is 0. The van der Waals surface area contributed by atoms with Crippen LogP contribution in [0, 0.1) is 23.2 Å². The van der Waals surface area contributed by atoms with Crippen LogP contribution in [-0.4, -0.2) is 90.2 Å². The predicted molar refractivity (Wildman–Crippen MR) is 120 cm³/mol. The average molecular weight is 450 g/mol. The number of nitrogens with zero attached hydrogens (tertiary/aromatic N) is 3. The second kappa shape index (κ2) is 11.4. The Hall–Kier alpha value is -1.50. The Labute approximate surface area is 186 Å². The molecular weight excluding hydrogens is 414 g/mol. The van der Waals surface area contributed by atoms with Gasteiger partial charge in [-0.3, -0.25) is 0 Å². The second-order valence-electron chi connectivity index (χ2n) is 8.74. The van der Waals surface area contributed by atoms with Gasteiger partial charge in [-0.15, -0.1) is 0 Å². The van der Waals surface area contributed by atoms with Crippen LogP contribution in [0.3, 0.4) is 0 Å². The lowest BCUT2D eigenvalue weighted by Gasteiger charge is -2.42. The van der Waals surface area contributed by atoms with Gasteiger partial charge in [0.25, 0.3) is 0 Å². The van der Waals surface area contributed by atoms with Gasteiger partial charge in [0.05, 0.1) is 42.1 Å². The zero-order valence-electron chi connectivity index (χ0n) is 18.7. The number of rotatable bonds is 12. The maximum atomic E-state index is 12.6. The first kappa shape index (κ1) is 24.1. The van der Waals surface area contributed by atoms with Crippen LogP contribution in [0.5, 0.6) is 0 Å². The molecule has 8 heteroatoms. The minimum Gasteiger partial charge on any atom is -0.382 e. The Kier molecular flexibility index (Phi) is 8.87. The molecule has 1 aliphatic heterocycles. The maximum absolute atomic E-state index is 12.6. The molecule has 172 valence electrons. The van der Waals surface area contributed by atoms with Crippen molar-refractivity contribution in [3.63, 3.8) is 0 Å². The summed E-state index contributed by atoms with van der Waals surface area (Å²) < 4.78 is 35.8. The van der Waals surface area contributed by atoms with Crippen LogP contribution in [0.1, 0.15) is 24.8 Å². The van der Waals surface area contributed by atoms with Crippen LogP contribution in [-0.2, 0) is 19.3 Å². The van der Waals surface area contributed by atoms with Crippen molar-refractivity contribution in [3.05, 3.63) is 29.8 Å². The molecule has 1 saturated carbocycles. The largest absolute Gasteiger partial charge is 0.382 e. The normalized spacial score (nSPS) is 23.9. The molecule has 0 amide bonds. The monoisotopic (exact) mass is 449 g/mol. The van der Waals surface area contributed by atoms with Gasteiger partial charge in [-0.2, -0.15) is 5.26 Å². The summed E-state index contributed by atoms with van der Waals surface area (Å²) in [4.78, 5) is 5.22. The number of ether oxygens (including phenoxy) is 2. The summed E-state index contributed by atoms with van der Waals surface area (Å²) in [6.45, 7) is 5.85. The van der Waals surface area contributed by atoms with E-state index < -0.39 is 9.84 Å². The molecule has 2 aliphatic rings. The maximum Gasteiger partial charge on any atom is 0.178 e. The van der Waals surface area contributed by atoms with Crippen molar-refractivity contribution in [3.8, 4) is 6.07 Å². The van der Waals surface area contributed by atoms with Crippen molar-refractivity contribution in [2.45, 2.75) is 30.2 Å². The highest BCUT2D eigenvalue weighted by molar-refractivity contribution is 7.91. The fourth-order valence-electron chi connectivity index (χ4n) is 5.13. The standard InChI is InChI=1S/C23H35N3O4S/c1-25(11-12-30-14-13-29-2)23-20-6-7-21(23)18-26(17-20)10-3-15-31(27,28)22-8-4-19(16-24)5-9-22/h4-5,8-9,20-21,23H,3,6-7,10-15,17-18H2,1-2H3. The molecule has 3 rings (SSSR count). The highest BCUT2D eigenvalue weighted by atomic mass is 32.2. The summed E-state index contributed by atoms with van der Waals surface area (Å²) in [6.07, 6.45) is 3.14. The number of sulfone groups is 1. The number of hydrogen-bond acceptors (Lipinski definition) is 7. The number of likely N-dealkylation sites (N-methyl/N-ethyl adjacent to an activating group) is 1. The third-order valence-electron chi connectivity index (χ3n) is 6.62. The van der Waals surface area contributed by atoms with Crippen LogP contribution in [0.4, 0.5) is 0 Å². The molecule has 0 radical (unpaired) electrons. The van der Waals surface area contributed by atoms with Gasteiger partial charge in [-0.1, -0.05) is 0 Å². The highest BCUT2D eigenvalue weighted by Gasteiger charge is 2.43. The summed E-state index contributed by atoms with van der Waals surface area (Å²) in [5.41, 5.74) is 0.476. The topological polar surface area (TPSA) is 82.9 Å². The van der Waals surface area contributed by atoms with Crippen molar-refractivity contribution >= 4 is 9.84 Å². The third kappa shape index (κ3) is 6.50. The van der Waals surface area contributed by atoms with E-state index in [2.05, 4.69) is 16.8 Å². The smallest absolute Gasteiger partial charge is 0.178 e. The van der Waals surface area contributed by atoms with E-state index in [1.165, 1.54) is 25.0 Å². The first-order valence-electron chi connectivity index (χ1n) is 11.2. The summed E-state index contributed by atoms with van der Waals surface area (Å²) in [5.74, 6) is 1.45. The van der Waals surface area contributed by atoms with Gasteiger partial charge in [0.15, 0.2) is 9.84 Å². The third-order valence-corrected chi connectivity index (χ3v) is 8.44. The quantitative estimate of drug-likeness (QED) is 0.452. The molecule has 0 spiro atoms. The van der Waals surface area contributed by atoms with Gasteiger partial charge < -0.3 is 19.3 Å². The van der Waals surface area contributed by atoms with Crippen molar-refractivity contribution in [1.82, 2.24) is 9.80 Å². The van der Waals surface area contributed by atoms with Gasteiger partial charge >= 0.3 is 0 Å². The molecule has 0 aromatic heterocycles. The molecule has 0 N–H and O–H groups in total. The zero-order valence-corrected chi connectivity index (χ0v) is 19.5. The molecular formula is C23H35N3O4S. The van der Waals surface area contributed by atoms with E-state index in [0.29, 0.717) is 48.0 Å². The van der Waals surface area contributed by atoms with Crippen molar-refractivity contribution < 1.29 is 17.9 Å². The Morgan fingerprint density at radius 1 is 1.13 bits per heavy atom. The van der Waals surface area contributed by atoms with E-state index in [4.69, 9.17) is 14.7 Å². The van der Waals surface area contributed by atoms with E-state index in [1.807, 2.05) is 6.07 Å². The highest BCUT2D eigenvalue weighted by Crippen LogP contribution is 2.39. The number of hydrogen-bond donors (Lipinski definition) is 0. The lowest BCUT2D eigenvalue weighted by atomic mass is 9.91. The van der Waals surface area contributed by atoms with Gasteiger partial charge in [-0.05, 0) is 69.0 Å². The second-order valence-corrected chi connectivity index (χ2v) is 10.9. The Morgan fingerprint density at radius 2 is 1.81 bits per heavy atom. The lowest BCUT2D eigenvalue weighted by Crippen LogP contribution is -2.52. The Balaban J connectivity index is 1.43. The van der Waals surface area contributed by atoms with Crippen molar-refractivity contribution in [1.29, 1.82) is 5.26 Å². The van der Waals surface area contributed by atoms with Gasteiger partial charge in [0, 0.05) is 32.8 Å². The first-order valence-corrected chi connectivity index (χ1v) is 12.8. The number of likely N-dealkylation sites (tertiary alicyclic amines) is 1. The van der Waals surface area contributed by atoms with Crippen molar-refractivity contribution in [2.75, 3.05) is 65.9 Å². The molecule has 2 unspecified atom stereocenters. The fraction of sp³-hybridized carbons (Fsp3) is 0.696. The number of nitriles is 1. The van der Waals surface area contributed by atoms with Crippen molar-refractivity contribution in [2.24, 2.45) is 11.8 Å². The average Bonchev–Trinajstić information content (AvgIpc) is 3.04. The molecule has 1 aromatic rings. The van der Waals surface area contributed by atoms with E-state index in [0.717, 1.165) is 32.8 Å². The van der Waals surface area contributed by atoms with E-state index in [1.54, 1.807) is 19.2 Å². The zero-order chi connectivity index (χ0) is 22.3. The SMILES string of the molecule is COCCOCCN(C)C1C2CCC1CN(CCCS(=O)(=O)c1ccc(C#N)cc1)C2. The number of piperidine rings is 1. The number of fused-ring (bicyclic) bond motifs is 2. The number of benzene rings is 1. The molecule has 2 bridgehead atoms. The van der Waals surface area contributed by atoms with E-state index >= 15 is 0 Å². The Bertz CT molecular complexity index is 823. The van der Waals surface area contributed by atoms with Crippen LogP contribution in [0.15, 0.2) is 29.2 Å². The summed E-state index contributed by atoms with van der Waals surface area (Å²) in [7, 11) is 0.582. The lowest BCUT2D eigenvalue weighted by molar-refractivity contribution is 0.0259. The molecule has 2 fully saturated rings. The molecule has 2 atom stereocenters. The molecule has 1 aliphatic carbocycles. The predicted octanol–water partition coefficient (Wildman–Crippen LogP) is 2.03. The minimum absolute atomic E-state index is 0.146. The fourth-order valence-corrected chi connectivity index (χ4v) is 6.42. The van der Waals surface area contributed by atoms with Crippen LogP contribution >= 0.6 is 0 Å². The van der Waals surface area contributed by atoms with Crippen LogP contribution in [0.2, 0.25) is 0 Å². The molecule has 1 heterocycles. The van der Waals surface area contributed by atoms with E-state index in [-0.39, 0.29) is 5.75 Å². The minimum atomic E-state index is -3.31. The molecule has 7 nitrogen and oxygen atoms in total. The van der Waals surface area contributed by atoms with Crippen LogP contribution < -0.4 is 0 Å². The van der Waals surface area contributed by atoms with Crippen LogP contribution in [0.25, 0.3) is 0 Å². The molecule has 31 heavy (non-hydrogen) atoms. The summed E-state index contributed by atoms with van der Waals surface area (Å²) in [5, 5.41) is 8.87. The molecule has 1 saturated heterocycles. The Morgan fingerprint density at radius 3 is 2.42 bits per heavy atom. The first-order chi connectivity index (χ1) is 14.9. The molecule has 1 aromatic carbocycles. The summed E-state index contributed by atoms with van der Waals surface area (Å²) in [6, 6.07) is 8.82.